The molecule has 0 atom stereocenters. The van der Waals surface area contributed by atoms with Crippen LogP contribution < -0.4 is 5.32 Å². The molecule has 0 fully saturated rings. The SMILES string of the molecule is Cc1cc(C)c(-c2cccc3c2nc(NC(C)C)n3C(C)C)c(C)c1. The predicted octanol–water partition coefficient (Wildman–Crippen LogP) is 6.03. The van der Waals surface area contributed by atoms with Gasteiger partial charge in [-0.3, -0.25) is 0 Å². The lowest BCUT2D eigenvalue weighted by Crippen LogP contribution is -2.15. The van der Waals surface area contributed by atoms with E-state index in [0.29, 0.717) is 12.1 Å². The van der Waals surface area contributed by atoms with Crippen LogP contribution >= 0.6 is 0 Å². The number of anilines is 1. The first-order valence-corrected chi connectivity index (χ1v) is 9.15. The molecular formula is C22H29N3. The summed E-state index contributed by atoms with van der Waals surface area (Å²) in [5, 5.41) is 3.51. The summed E-state index contributed by atoms with van der Waals surface area (Å²) in [4.78, 5) is 5.01. The van der Waals surface area contributed by atoms with Crippen molar-refractivity contribution < 1.29 is 0 Å². The van der Waals surface area contributed by atoms with Crippen molar-refractivity contribution >= 4 is 17.0 Å². The van der Waals surface area contributed by atoms with Crippen LogP contribution in [-0.4, -0.2) is 15.6 Å². The Labute approximate surface area is 151 Å². The van der Waals surface area contributed by atoms with Crippen LogP contribution in [-0.2, 0) is 0 Å². The summed E-state index contributed by atoms with van der Waals surface area (Å²) in [5.74, 6) is 0.954. The summed E-state index contributed by atoms with van der Waals surface area (Å²) in [6.07, 6.45) is 0. The number of benzene rings is 2. The first kappa shape index (κ1) is 17.5. The fourth-order valence-electron chi connectivity index (χ4n) is 3.81. The Balaban J connectivity index is 2.32. The smallest absolute Gasteiger partial charge is 0.204 e. The maximum Gasteiger partial charge on any atom is 0.204 e. The van der Waals surface area contributed by atoms with Crippen LogP contribution in [0.1, 0.15) is 50.4 Å². The molecule has 3 aromatic rings. The highest BCUT2D eigenvalue weighted by Gasteiger charge is 2.18. The van der Waals surface area contributed by atoms with E-state index in [1.807, 2.05) is 0 Å². The van der Waals surface area contributed by atoms with Gasteiger partial charge in [0.15, 0.2) is 0 Å². The van der Waals surface area contributed by atoms with E-state index in [-0.39, 0.29) is 0 Å². The Bertz CT molecular complexity index is 893. The Kier molecular flexibility index (Phi) is 4.59. The maximum absolute atomic E-state index is 5.01. The molecule has 0 aliphatic rings. The van der Waals surface area contributed by atoms with Crippen molar-refractivity contribution in [3.8, 4) is 11.1 Å². The van der Waals surface area contributed by atoms with Gasteiger partial charge in [0.05, 0.1) is 11.0 Å². The number of nitrogens with one attached hydrogen (secondary N) is 1. The Morgan fingerprint density at radius 2 is 1.60 bits per heavy atom. The number of imidazole rings is 1. The molecule has 3 heteroatoms. The number of para-hydroxylation sites is 1. The number of hydrogen-bond donors (Lipinski definition) is 1. The zero-order chi connectivity index (χ0) is 18.3. The zero-order valence-electron chi connectivity index (χ0n) is 16.4. The number of aryl methyl sites for hydroxylation is 3. The van der Waals surface area contributed by atoms with Crippen LogP contribution in [0.25, 0.3) is 22.2 Å². The van der Waals surface area contributed by atoms with Crippen LogP contribution in [0.15, 0.2) is 30.3 Å². The highest BCUT2D eigenvalue weighted by molar-refractivity contribution is 5.95. The van der Waals surface area contributed by atoms with Gasteiger partial charge >= 0.3 is 0 Å². The average molecular weight is 335 g/mol. The van der Waals surface area contributed by atoms with Crippen LogP contribution in [0.4, 0.5) is 5.95 Å². The fourth-order valence-corrected chi connectivity index (χ4v) is 3.81. The van der Waals surface area contributed by atoms with E-state index in [9.17, 15) is 0 Å². The third kappa shape index (κ3) is 3.15. The molecule has 1 aromatic heterocycles. The minimum absolute atomic E-state index is 0.348. The van der Waals surface area contributed by atoms with Crippen molar-refractivity contribution in [2.75, 3.05) is 5.32 Å². The van der Waals surface area contributed by atoms with Crippen molar-refractivity contribution in [3.05, 3.63) is 47.0 Å². The van der Waals surface area contributed by atoms with Gasteiger partial charge < -0.3 is 9.88 Å². The highest BCUT2D eigenvalue weighted by atomic mass is 15.2. The lowest BCUT2D eigenvalue weighted by Gasteiger charge is -2.16. The van der Waals surface area contributed by atoms with Crippen molar-refractivity contribution in [1.29, 1.82) is 0 Å². The number of fused-ring (bicyclic) bond motifs is 1. The van der Waals surface area contributed by atoms with Gasteiger partial charge in [-0.2, -0.15) is 0 Å². The summed E-state index contributed by atoms with van der Waals surface area (Å²) < 4.78 is 2.30. The van der Waals surface area contributed by atoms with Gasteiger partial charge in [-0.15, -0.1) is 0 Å². The average Bonchev–Trinajstić information content (AvgIpc) is 2.84. The van der Waals surface area contributed by atoms with E-state index in [1.165, 1.54) is 33.3 Å². The Morgan fingerprint density at radius 1 is 0.960 bits per heavy atom. The molecule has 0 aliphatic heterocycles. The molecule has 3 nitrogen and oxygen atoms in total. The number of nitrogens with zero attached hydrogens (tertiary/aromatic N) is 2. The van der Waals surface area contributed by atoms with Crippen LogP contribution in [0.2, 0.25) is 0 Å². The molecular weight excluding hydrogens is 306 g/mol. The van der Waals surface area contributed by atoms with E-state index in [0.717, 1.165) is 11.5 Å². The fraction of sp³-hybridized carbons (Fsp3) is 0.409. The van der Waals surface area contributed by atoms with Gasteiger partial charge in [0, 0.05) is 17.6 Å². The molecule has 0 bridgehead atoms. The number of hydrogen-bond acceptors (Lipinski definition) is 2. The summed E-state index contributed by atoms with van der Waals surface area (Å²) in [6.45, 7) is 15.3. The first-order valence-electron chi connectivity index (χ1n) is 9.15. The number of rotatable bonds is 4. The van der Waals surface area contributed by atoms with Crippen molar-refractivity contribution in [3.63, 3.8) is 0 Å². The molecule has 0 saturated carbocycles. The molecule has 0 amide bonds. The second-order valence-electron chi connectivity index (χ2n) is 7.65. The van der Waals surface area contributed by atoms with Gasteiger partial charge in [0.1, 0.15) is 0 Å². The monoisotopic (exact) mass is 335 g/mol. The normalized spacial score (nSPS) is 11.7. The van der Waals surface area contributed by atoms with Gasteiger partial charge in [-0.1, -0.05) is 29.8 Å². The van der Waals surface area contributed by atoms with Crippen LogP contribution in [0.3, 0.4) is 0 Å². The van der Waals surface area contributed by atoms with Crippen LogP contribution in [0.5, 0.6) is 0 Å². The van der Waals surface area contributed by atoms with Gasteiger partial charge in [-0.25, -0.2) is 4.98 Å². The molecule has 132 valence electrons. The zero-order valence-corrected chi connectivity index (χ0v) is 16.4. The largest absolute Gasteiger partial charge is 0.353 e. The first-order chi connectivity index (χ1) is 11.8. The summed E-state index contributed by atoms with van der Waals surface area (Å²) in [5.41, 5.74) is 8.72. The molecule has 2 aromatic carbocycles. The van der Waals surface area contributed by atoms with E-state index < -0.39 is 0 Å². The topological polar surface area (TPSA) is 29.9 Å². The molecule has 3 rings (SSSR count). The molecule has 1 heterocycles. The van der Waals surface area contributed by atoms with E-state index in [4.69, 9.17) is 4.98 Å². The van der Waals surface area contributed by atoms with E-state index >= 15 is 0 Å². The van der Waals surface area contributed by atoms with E-state index in [2.05, 4.69) is 88.7 Å². The van der Waals surface area contributed by atoms with Gasteiger partial charge in [-0.05, 0) is 71.2 Å². The molecule has 0 aliphatic carbocycles. The predicted molar refractivity (Wildman–Crippen MR) is 109 cm³/mol. The van der Waals surface area contributed by atoms with Crippen molar-refractivity contribution in [2.24, 2.45) is 0 Å². The standard InChI is InChI=1S/C22H29N3/c1-13(2)23-22-24-21-18(9-8-10-19(21)25(22)14(3)4)20-16(6)11-15(5)12-17(20)7/h8-14H,1-7H3,(H,23,24). The summed E-state index contributed by atoms with van der Waals surface area (Å²) >= 11 is 0. The second-order valence-corrected chi connectivity index (χ2v) is 7.65. The summed E-state index contributed by atoms with van der Waals surface area (Å²) in [6, 6.07) is 11.7. The molecule has 0 radical (unpaired) electrons. The molecule has 1 N–H and O–H groups in total. The second kappa shape index (κ2) is 6.55. The molecule has 0 saturated heterocycles. The molecule has 25 heavy (non-hydrogen) atoms. The minimum Gasteiger partial charge on any atom is -0.353 e. The minimum atomic E-state index is 0.348. The van der Waals surface area contributed by atoms with Crippen LogP contribution in [0, 0.1) is 20.8 Å². The van der Waals surface area contributed by atoms with Crippen molar-refractivity contribution in [2.45, 2.75) is 60.5 Å². The summed E-state index contributed by atoms with van der Waals surface area (Å²) in [7, 11) is 0. The molecule has 0 unspecified atom stereocenters. The molecule has 0 spiro atoms. The quantitative estimate of drug-likeness (QED) is 0.631. The highest BCUT2D eigenvalue weighted by Crippen LogP contribution is 2.36. The van der Waals surface area contributed by atoms with E-state index in [1.54, 1.807) is 0 Å². The Hall–Kier alpha value is -2.29. The third-order valence-corrected chi connectivity index (χ3v) is 4.60. The Morgan fingerprint density at radius 3 is 2.16 bits per heavy atom. The van der Waals surface area contributed by atoms with Crippen molar-refractivity contribution in [1.82, 2.24) is 9.55 Å². The maximum atomic E-state index is 5.01. The third-order valence-electron chi connectivity index (χ3n) is 4.60. The lowest BCUT2D eigenvalue weighted by atomic mass is 9.93. The lowest BCUT2D eigenvalue weighted by molar-refractivity contribution is 0.618. The van der Waals surface area contributed by atoms with Gasteiger partial charge in [0.25, 0.3) is 0 Å². The van der Waals surface area contributed by atoms with Gasteiger partial charge in [0.2, 0.25) is 5.95 Å². The number of aromatic nitrogens is 2.